The molecule has 1 atom stereocenters. The maximum atomic E-state index is 13.5. The molecule has 194 valence electrons. The van der Waals surface area contributed by atoms with Gasteiger partial charge in [-0.15, -0.1) is 5.10 Å². The van der Waals surface area contributed by atoms with E-state index in [2.05, 4.69) is 31.5 Å². The molecule has 36 heavy (non-hydrogen) atoms. The van der Waals surface area contributed by atoms with Gasteiger partial charge >= 0.3 is 0 Å². The van der Waals surface area contributed by atoms with Crippen LogP contribution in [0.15, 0.2) is 35.9 Å². The lowest BCUT2D eigenvalue weighted by atomic mass is 9.88. The summed E-state index contributed by atoms with van der Waals surface area (Å²) in [7, 11) is 1.51. The number of carbonyl (C=O) groups is 2. The van der Waals surface area contributed by atoms with E-state index in [0.717, 1.165) is 43.7 Å². The lowest BCUT2D eigenvalue weighted by Gasteiger charge is -2.28. The number of nitrogens with zero attached hydrogens (tertiary/aromatic N) is 2. The van der Waals surface area contributed by atoms with Crippen molar-refractivity contribution in [1.82, 2.24) is 31.5 Å². The van der Waals surface area contributed by atoms with Gasteiger partial charge in [-0.25, -0.2) is 0 Å². The summed E-state index contributed by atoms with van der Waals surface area (Å²) in [6.07, 6.45) is 10.8. The molecule has 2 aliphatic rings. The average Bonchev–Trinajstić information content (AvgIpc) is 3.78. The second-order valence-corrected chi connectivity index (χ2v) is 9.43. The summed E-state index contributed by atoms with van der Waals surface area (Å²) in [4.78, 5) is 26.6. The minimum Gasteiger partial charge on any atom is -0.480 e. The molecule has 0 saturated heterocycles. The molecule has 1 aromatic heterocycles. The fourth-order valence-corrected chi connectivity index (χ4v) is 4.29. The second-order valence-electron chi connectivity index (χ2n) is 9.43. The Balaban J connectivity index is 1.73. The number of allylic oxidation sites excluding steroid dienone is 2. The maximum Gasteiger partial charge on any atom is 0.268 e. The van der Waals surface area contributed by atoms with Crippen molar-refractivity contribution >= 4 is 24.2 Å². The van der Waals surface area contributed by atoms with Gasteiger partial charge in [-0.3, -0.25) is 9.59 Å². The van der Waals surface area contributed by atoms with E-state index in [9.17, 15) is 9.59 Å². The van der Waals surface area contributed by atoms with Gasteiger partial charge in [-0.05, 0) is 69.4 Å². The number of carbonyl (C=O) groups excluding carboxylic acids is 2. The quantitative estimate of drug-likeness (QED) is 0.159. The number of rotatable bonds is 15. The van der Waals surface area contributed by atoms with Crippen LogP contribution in [-0.4, -0.2) is 53.6 Å². The van der Waals surface area contributed by atoms with Crippen LogP contribution >= 0.6 is 0 Å². The zero-order valence-electron chi connectivity index (χ0n) is 21.0. The number of aromatic nitrogens is 2. The Hall–Kier alpha value is -3.76. The van der Waals surface area contributed by atoms with Crippen molar-refractivity contribution in [1.29, 1.82) is 10.8 Å². The van der Waals surface area contributed by atoms with Crippen molar-refractivity contribution in [3.63, 3.8) is 0 Å². The zero-order chi connectivity index (χ0) is 26.1. The molecule has 1 heterocycles. The number of hydrogen-bond acceptors (Lipinski definition) is 9. The molecule has 6 N–H and O–H groups in total. The summed E-state index contributed by atoms with van der Waals surface area (Å²) in [5, 5.41) is 34.7. The molecule has 2 amide bonds. The van der Waals surface area contributed by atoms with E-state index in [0.29, 0.717) is 24.3 Å². The smallest absolute Gasteiger partial charge is 0.268 e. The first kappa shape index (κ1) is 26.8. The number of ether oxygens (including phenoxy) is 1. The fourth-order valence-electron chi connectivity index (χ4n) is 4.29. The third-order valence-electron chi connectivity index (χ3n) is 6.16. The van der Waals surface area contributed by atoms with Crippen LogP contribution in [0.1, 0.15) is 45.1 Å². The van der Waals surface area contributed by atoms with Crippen LogP contribution in [0.5, 0.6) is 5.88 Å². The molecule has 2 saturated carbocycles. The van der Waals surface area contributed by atoms with Crippen molar-refractivity contribution < 1.29 is 14.3 Å². The Morgan fingerprint density at radius 2 is 1.86 bits per heavy atom. The van der Waals surface area contributed by atoms with Crippen LogP contribution in [0.25, 0.3) is 0 Å². The number of methoxy groups -OCH3 is 1. The van der Waals surface area contributed by atoms with Gasteiger partial charge in [0, 0.05) is 36.8 Å². The van der Waals surface area contributed by atoms with E-state index < -0.39 is 11.9 Å². The third kappa shape index (κ3) is 7.62. The van der Waals surface area contributed by atoms with Crippen molar-refractivity contribution in [2.24, 2.45) is 17.8 Å². The molecule has 0 aromatic carbocycles. The Labute approximate surface area is 211 Å². The predicted octanol–water partition coefficient (Wildman–Crippen LogP) is 1.63. The highest BCUT2D eigenvalue weighted by atomic mass is 16.5. The standard InChI is InChI=1S/C25H36N8O3/c1-15(2)30-20(8-10-26)23(34)32-22(21(16-4-5-16)17-6-7-17)24(35)31-19(12-27)14-28-13-18-9-11-29-33-25(18)36-3/h8-12,14-17,21-22,26-28,30H,4-7,13H2,1-3H3,(H,31,35)(H,32,34)/b19-14+,20-8-,26-10?,27-12?. The number of amides is 2. The Kier molecular flexibility index (Phi) is 9.54. The molecule has 2 fully saturated rings. The van der Waals surface area contributed by atoms with Crippen LogP contribution in [0.4, 0.5) is 0 Å². The lowest BCUT2D eigenvalue weighted by Crippen LogP contribution is -2.53. The fraction of sp³-hybridized carbons (Fsp3) is 0.520. The molecule has 1 aromatic rings. The molecular formula is C25H36N8O3. The van der Waals surface area contributed by atoms with E-state index in [1.54, 1.807) is 12.3 Å². The topological polar surface area (TPSA) is 165 Å². The molecule has 0 aliphatic heterocycles. The van der Waals surface area contributed by atoms with Gasteiger partial charge < -0.3 is 36.8 Å². The second kappa shape index (κ2) is 12.8. The van der Waals surface area contributed by atoms with Crippen LogP contribution < -0.4 is 26.0 Å². The monoisotopic (exact) mass is 496 g/mol. The molecule has 3 rings (SSSR count). The molecule has 11 heteroatoms. The summed E-state index contributed by atoms with van der Waals surface area (Å²) >= 11 is 0. The Morgan fingerprint density at radius 3 is 2.42 bits per heavy atom. The highest BCUT2D eigenvalue weighted by molar-refractivity contribution is 6.00. The molecule has 2 aliphatic carbocycles. The normalized spacial score (nSPS) is 16.8. The molecule has 0 radical (unpaired) electrons. The van der Waals surface area contributed by atoms with Crippen LogP contribution in [-0.2, 0) is 16.1 Å². The lowest BCUT2D eigenvalue weighted by molar-refractivity contribution is -0.129. The number of nitrogens with one attached hydrogen (secondary N) is 6. The highest BCUT2D eigenvalue weighted by Gasteiger charge is 2.48. The van der Waals surface area contributed by atoms with Crippen molar-refractivity contribution in [3.8, 4) is 5.88 Å². The first-order valence-corrected chi connectivity index (χ1v) is 12.3. The molecule has 0 spiro atoms. The zero-order valence-corrected chi connectivity index (χ0v) is 21.0. The summed E-state index contributed by atoms with van der Waals surface area (Å²) in [6, 6.07) is 1.01. The molecule has 1 unspecified atom stereocenters. The van der Waals surface area contributed by atoms with Crippen molar-refractivity contribution in [2.75, 3.05) is 7.11 Å². The summed E-state index contributed by atoms with van der Waals surface area (Å²) in [6.45, 7) is 4.16. The summed E-state index contributed by atoms with van der Waals surface area (Å²) < 4.78 is 5.19. The van der Waals surface area contributed by atoms with E-state index in [1.807, 2.05) is 13.8 Å². The third-order valence-corrected chi connectivity index (χ3v) is 6.16. The van der Waals surface area contributed by atoms with Gasteiger partial charge in [-0.1, -0.05) is 0 Å². The van der Waals surface area contributed by atoms with Gasteiger partial charge in [0.2, 0.25) is 11.8 Å². The summed E-state index contributed by atoms with van der Waals surface area (Å²) in [5.74, 6) is 0.460. The van der Waals surface area contributed by atoms with Crippen LogP contribution in [0, 0.1) is 28.6 Å². The SMILES string of the molecule is COc1nnccc1CN/C=C(\C=N)NC(=O)C(NC(=O)/C(=C/C=N)NC(C)C)C(C1CC1)C1CC1. The molecule has 0 bridgehead atoms. The van der Waals surface area contributed by atoms with Crippen LogP contribution in [0.2, 0.25) is 0 Å². The minimum absolute atomic E-state index is 0.00960. The van der Waals surface area contributed by atoms with Crippen molar-refractivity contribution in [2.45, 2.75) is 58.2 Å². The van der Waals surface area contributed by atoms with E-state index in [4.69, 9.17) is 15.6 Å². The largest absolute Gasteiger partial charge is 0.480 e. The Morgan fingerprint density at radius 1 is 1.17 bits per heavy atom. The van der Waals surface area contributed by atoms with Gasteiger partial charge in [0.15, 0.2) is 0 Å². The van der Waals surface area contributed by atoms with Gasteiger partial charge in [0.05, 0.1) is 19.0 Å². The molecule has 11 nitrogen and oxygen atoms in total. The van der Waals surface area contributed by atoms with E-state index in [1.165, 1.54) is 19.4 Å². The number of hydrogen-bond donors (Lipinski definition) is 6. The van der Waals surface area contributed by atoms with Crippen molar-refractivity contribution in [3.05, 3.63) is 41.5 Å². The molecular weight excluding hydrogens is 460 g/mol. The van der Waals surface area contributed by atoms with E-state index >= 15 is 0 Å². The van der Waals surface area contributed by atoms with Gasteiger partial charge in [0.25, 0.3) is 5.91 Å². The average molecular weight is 497 g/mol. The highest BCUT2D eigenvalue weighted by Crippen LogP contribution is 2.50. The minimum atomic E-state index is -0.742. The van der Waals surface area contributed by atoms with Gasteiger partial charge in [0.1, 0.15) is 11.7 Å². The van der Waals surface area contributed by atoms with E-state index in [-0.39, 0.29) is 29.3 Å². The maximum absolute atomic E-state index is 13.5. The predicted molar refractivity (Wildman–Crippen MR) is 136 cm³/mol. The first-order valence-electron chi connectivity index (χ1n) is 12.3. The first-order chi connectivity index (χ1) is 17.4. The Bertz CT molecular complexity index is 1000. The summed E-state index contributed by atoms with van der Waals surface area (Å²) in [5.41, 5.74) is 1.28. The van der Waals surface area contributed by atoms with Crippen LogP contribution in [0.3, 0.4) is 0 Å². The van der Waals surface area contributed by atoms with Gasteiger partial charge in [-0.2, -0.15) is 5.10 Å².